The van der Waals surface area contributed by atoms with Crippen LogP contribution in [0.15, 0.2) is 17.0 Å². The van der Waals surface area contributed by atoms with Crippen LogP contribution in [0.1, 0.15) is 0 Å². The number of nitrogens with one attached hydrogen (secondary N) is 1. The largest absolute Gasteiger partial charge is 0.355 e. The summed E-state index contributed by atoms with van der Waals surface area (Å²) >= 11 is 0. The Kier molecular flexibility index (Phi) is 5.29. The van der Waals surface area contributed by atoms with Gasteiger partial charge in [-0.05, 0) is 0 Å². The van der Waals surface area contributed by atoms with Crippen LogP contribution in [0.5, 0.6) is 0 Å². The Morgan fingerprint density at radius 3 is 2.05 bits per heavy atom. The molecule has 0 atom stereocenters. The van der Waals surface area contributed by atoms with Crippen molar-refractivity contribution in [3.05, 3.63) is 29.6 Å². The third-order valence-corrected chi connectivity index (χ3v) is 3.67. The van der Waals surface area contributed by atoms with E-state index in [-0.39, 0.29) is 18.7 Å². The predicted octanol–water partition coefficient (Wildman–Crippen LogP) is 1.00. The fraction of sp³-hybridized carbons (Fsp3) is 0.400. The van der Waals surface area contributed by atoms with Crippen LogP contribution in [0, 0.1) is 17.5 Å². The number of hydrogen-bond acceptors (Lipinski definition) is 4. The first-order chi connectivity index (χ1) is 8.81. The van der Waals surface area contributed by atoms with Crippen LogP contribution in [0.25, 0.3) is 0 Å². The molecule has 0 spiro atoms. The zero-order valence-electron chi connectivity index (χ0n) is 10.1. The van der Waals surface area contributed by atoms with E-state index in [4.69, 9.17) is 9.47 Å². The van der Waals surface area contributed by atoms with Gasteiger partial charge in [0.15, 0.2) is 11.2 Å². The number of hydrogen-bond donors (Lipinski definition) is 1. The molecule has 0 saturated carbocycles. The van der Waals surface area contributed by atoms with Crippen LogP contribution >= 0.6 is 0 Å². The average Bonchev–Trinajstić information content (AvgIpc) is 2.28. The van der Waals surface area contributed by atoms with Crippen LogP contribution in [-0.4, -0.2) is 35.5 Å². The number of benzene rings is 1. The first kappa shape index (κ1) is 15.9. The van der Waals surface area contributed by atoms with Gasteiger partial charge in [-0.1, -0.05) is 0 Å². The van der Waals surface area contributed by atoms with E-state index in [2.05, 4.69) is 0 Å². The molecule has 0 heterocycles. The molecule has 0 aliphatic heterocycles. The van der Waals surface area contributed by atoms with Crippen LogP contribution in [0.2, 0.25) is 0 Å². The highest BCUT2D eigenvalue weighted by Gasteiger charge is 2.25. The first-order valence-electron chi connectivity index (χ1n) is 5.01. The lowest BCUT2D eigenvalue weighted by molar-refractivity contribution is -0.0960. The standard InChI is InChI=1S/C10H12F3NO4S/c1-17-9(18-2)5-14-19(15,16)10-7(12)3-6(11)4-8(10)13/h3-4,9,14H,5H2,1-2H3. The monoisotopic (exact) mass is 299 g/mol. The molecular formula is C10H12F3NO4S. The zero-order valence-corrected chi connectivity index (χ0v) is 10.9. The van der Waals surface area contributed by atoms with Gasteiger partial charge in [0.05, 0.1) is 6.54 Å². The summed E-state index contributed by atoms with van der Waals surface area (Å²) in [6.45, 7) is -0.356. The molecule has 0 bridgehead atoms. The van der Waals surface area contributed by atoms with Crippen molar-refractivity contribution < 1.29 is 31.1 Å². The summed E-state index contributed by atoms with van der Waals surface area (Å²) in [6.07, 6.45) is -0.915. The molecule has 1 rings (SSSR count). The number of rotatable bonds is 6. The topological polar surface area (TPSA) is 64.6 Å². The molecule has 0 fully saturated rings. The molecule has 0 aliphatic rings. The van der Waals surface area contributed by atoms with E-state index in [1.165, 1.54) is 14.2 Å². The molecule has 0 saturated heterocycles. The van der Waals surface area contributed by atoms with Crippen LogP contribution in [0.3, 0.4) is 0 Å². The van der Waals surface area contributed by atoms with Crippen molar-refractivity contribution in [2.75, 3.05) is 20.8 Å². The van der Waals surface area contributed by atoms with Crippen LogP contribution < -0.4 is 4.72 Å². The van der Waals surface area contributed by atoms with E-state index >= 15 is 0 Å². The number of methoxy groups -OCH3 is 2. The van der Waals surface area contributed by atoms with E-state index in [0.29, 0.717) is 0 Å². The molecule has 1 aromatic carbocycles. The van der Waals surface area contributed by atoms with Crippen molar-refractivity contribution in [2.45, 2.75) is 11.2 Å². The molecule has 1 aromatic rings. The van der Waals surface area contributed by atoms with Gasteiger partial charge in [0.1, 0.15) is 17.5 Å². The van der Waals surface area contributed by atoms with E-state index < -0.39 is 38.7 Å². The normalized spacial score (nSPS) is 12.1. The molecule has 0 radical (unpaired) electrons. The van der Waals surface area contributed by atoms with Crippen LogP contribution in [-0.2, 0) is 19.5 Å². The number of sulfonamides is 1. The third-order valence-electron chi connectivity index (χ3n) is 2.20. The molecule has 5 nitrogen and oxygen atoms in total. The van der Waals surface area contributed by atoms with Gasteiger partial charge in [0, 0.05) is 26.4 Å². The third kappa shape index (κ3) is 3.90. The SMILES string of the molecule is COC(CNS(=O)(=O)c1c(F)cc(F)cc1F)OC. The van der Waals surface area contributed by atoms with Crippen molar-refractivity contribution >= 4 is 10.0 Å². The highest BCUT2D eigenvalue weighted by Crippen LogP contribution is 2.19. The molecule has 0 aromatic heterocycles. The van der Waals surface area contributed by atoms with E-state index in [9.17, 15) is 21.6 Å². The Morgan fingerprint density at radius 2 is 1.63 bits per heavy atom. The van der Waals surface area contributed by atoms with Gasteiger partial charge in [-0.25, -0.2) is 26.3 Å². The predicted molar refractivity (Wildman–Crippen MR) is 59.3 cm³/mol. The van der Waals surface area contributed by atoms with Gasteiger partial charge in [-0.2, -0.15) is 0 Å². The number of ether oxygens (including phenoxy) is 2. The first-order valence-corrected chi connectivity index (χ1v) is 6.50. The quantitative estimate of drug-likeness (QED) is 0.796. The van der Waals surface area contributed by atoms with E-state index in [1.54, 1.807) is 0 Å². The van der Waals surface area contributed by atoms with Gasteiger partial charge >= 0.3 is 0 Å². The molecule has 1 N–H and O–H groups in total. The Bertz CT molecular complexity index is 523. The maximum atomic E-state index is 13.3. The Balaban J connectivity index is 3.01. The summed E-state index contributed by atoms with van der Waals surface area (Å²) in [6, 6.07) is 0.559. The van der Waals surface area contributed by atoms with Gasteiger partial charge in [0.25, 0.3) is 0 Å². The number of halogens is 3. The summed E-state index contributed by atoms with van der Waals surface area (Å²) in [5.41, 5.74) is 0. The fourth-order valence-electron chi connectivity index (χ4n) is 1.30. The second kappa shape index (κ2) is 6.33. The minimum atomic E-state index is -4.48. The van der Waals surface area contributed by atoms with Crippen molar-refractivity contribution in [1.29, 1.82) is 0 Å². The Morgan fingerprint density at radius 1 is 1.16 bits per heavy atom. The summed E-state index contributed by atoms with van der Waals surface area (Å²) in [5, 5.41) is 0. The highest BCUT2D eigenvalue weighted by molar-refractivity contribution is 7.89. The Hall–Kier alpha value is -1.16. The lowest BCUT2D eigenvalue weighted by Crippen LogP contribution is -2.35. The fourth-order valence-corrected chi connectivity index (χ4v) is 2.43. The molecule has 0 unspecified atom stereocenters. The maximum Gasteiger partial charge on any atom is 0.246 e. The molecular weight excluding hydrogens is 287 g/mol. The average molecular weight is 299 g/mol. The van der Waals surface area contributed by atoms with Gasteiger partial charge in [0.2, 0.25) is 10.0 Å². The zero-order chi connectivity index (χ0) is 14.6. The summed E-state index contributed by atoms with van der Waals surface area (Å²) in [5.74, 6) is -4.24. The molecule has 0 aliphatic carbocycles. The molecule has 108 valence electrons. The van der Waals surface area contributed by atoms with Crippen molar-refractivity contribution in [3.63, 3.8) is 0 Å². The second-order valence-electron chi connectivity index (χ2n) is 3.45. The van der Waals surface area contributed by atoms with Crippen molar-refractivity contribution in [2.24, 2.45) is 0 Å². The lowest BCUT2D eigenvalue weighted by Gasteiger charge is -2.14. The minimum Gasteiger partial charge on any atom is -0.355 e. The Labute approximate surface area is 108 Å². The maximum absolute atomic E-state index is 13.3. The van der Waals surface area contributed by atoms with Gasteiger partial charge in [-0.15, -0.1) is 0 Å². The smallest absolute Gasteiger partial charge is 0.246 e. The summed E-state index contributed by atoms with van der Waals surface area (Å²) in [7, 11) is -1.95. The van der Waals surface area contributed by atoms with Crippen molar-refractivity contribution in [3.8, 4) is 0 Å². The highest BCUT2D eigenvalue weighted by atomic mass is 32.2. The lowest BCUT2D eigenvalue weighted by atomic mass is 10.3. The molecule has 19 heavy (non-hydrogen) atoms. The van der Waals surface area contributed by atoms with E-state index in [0.717, 1.165) is 0 Å². The van der Waals surface area contributed by atoms with E-state index in [1.807, 2.05) is 4.72 Å². The second-order valence-corrected chi connectivity index (χ2v) is 5.16. The molecule has 0 amide bonds. The van der Waals surface area contributed by atoms with Gasteiger partial charge in [-0.3, -0.25) is 0 Å². The molecule has 9 heteroatoms. The summed E-state index contributed by atoms with van der Waals surface area (Å²) < 4.78 is 74.1. The van der Waals surface area contributed by atoms with Crippen LogP contribution in [0.4, 0.5) is 13.2 Å². The summed E-state index contributed by atoms with van der Waals surface area (Å²) in [4.78, 5) is -1.25. The van der Waals surface area contributed by atoms with Crippen molar-refractivity contribution in [1.82, 2.24) is 4.72 Å². The minimum absolute atomic E-state index is 0.280. The van der Waals surface area contributed by atoms with Gasteiger partial charge < -0.3 is 9.47 Å².